The van der Waals surface area contributed by atoms with Gasteiger partial charge in [0.25, 0.3) is 0 Å². The van der Waals surface area contributed by atoms with Gasteiger partial charge in [0, 0.05) is 36.5 Å². The van der Waals surface area contributed by atoms with Crippen LogP contribution in [-0.2, 0) is 11.3 Å². The standard InChI is InChI=1S/C11H16N4O/c1-7(9-3-12-4-9)11(16)13-5-10-6-14-15-8(10)2/h6,12H,3-5H2,1-2H3,(H,13,16)(H,14,15). The van der Waals surface area contributed by atoms with E-state index in [4.69, 9.17) is 0 Å². The van der Waals surface area contributed by atoms with Gasteiger partial charge in [-0.15, -0.1) is 0 Å². The SMILES string of the molecule is CC(C(=O)NCc1cn[nH]c1C)=C1CNC1. The predicted molar refractivity (Wildman–Crippen MR) is 60.7 cm³/mol. The first-order valence-electron chi connectivity index (χ1n) is 5.35. The first kappa shape index (κ1) is 10.9. The number of amides is 1. The minimum absolute atomic E-state index is 0.0112. The highest BCUT2D eigenvalue weighted by Crippen LogP contribution is 2.09. The highest BCUT2D eigenvalue weighted by Gasteiger charge is 2.15. The van der Waals surface area contributed by atoms with Gasteiger partial charge in [0.15, 0.2) is 0 Å². The zero-order valence-electron chi connectivity index (χ0n) is 9.55. The van der Waals surface area contributed by atoms with Gasteiger partial charge in [-0.1, -0.05) is 0 Å². The fourth-order valence-electron chi connectivity index (χ4n) is 1.54. The van der Waals surface area contributed by atoms with Crippen LogP contribution >= 0.6 is 0 Å². The minimum atomic E-state index is 0.0112. The Hall–Kier alpha value is -1.62. The number of rotatable bonds is 3. The van der Waals surface area contributed by atoms with E-state index in [0.29, 0.717) is 6.54 Å². The lowest BCUT2D eigenvalue weighted by atomic mass is 10.0. The molecular formula is C11H16N4O. The molecule has 1 aromatic heterocycles. The minimum Gasteiger partial charge on any atom is -0.348 e. The Balaban J connectivity index is 1.91. The van der Waals surface area contributed by atoms with E-state index in [1.54, 1.807) is 6.20 Å². The maximum Gasteiger partial charge on any atom is 0.247 e. The molecule has 1 aromatic rings. The summed E-state index contributed by atoms with van der Waals surface area (Å²) < 4.78 is 0. The molecule has 2 heterocycles. The average molecular weight is 220 g/mol. The monoisotopic (exact) mass is 220 g/mol. The van der Waals surface area contributed by atoms with Crippen LogP contribution in [0.1, 0.15) is 18.2 Å². The largest absolute Gasteiger partial charge is 0.348 e. The normalized spacial score (nSPS) is 14.5. The summed E-state index contributed by atoms with van der Waals surface area (Å²) in [6, 6.07) is 0. The van der Waals surface area contributed by atoms with Crippen LogP contribution in [0.15, 0.2) is 17.3 Å². The van der Waals surface area contributed by atoms with Crippen molar-refractivity contribution in [3.05, 3.63) is 28.6 Å². The van der Waals surface area contributed by atoms with Gasteiger partial charge in [-0.3, -0.25) is 9.89 Å². The maximum atomic E-state index is 11.8. The summed E-state index contributed by atoms with van der Waals surface area (Å²) in [5.41, 5.74) is 4.05. The number of nitrogens with zero attached hydrogens (tertiary/aromatic N) is 1. The van der Waals surface area contributed by atoms with Gasteiger partial charge in [-0.05, 0) is 19.4 Å². The summed E-state index contributed by atoms with van der Waals surface area (Å²) >= 11 is 0. The number of hydrogen-bond acceptors (Lipinski definition) is 3. The number of aryl methyl sites for hydroxylation is 1. The van der Waals surface area contributed by atoms with Crippen LogP contribution in [0.3, 0.4) is 0 Å². The molecule has 2 rings (SSSR count). The Morgan fingerprint density at radius 2 is 2.31 bits per heavy atom. The van der Waals surface area contributed by atoms with Gasteiger partial charge in [-0.25, -0.2) is 0 Å². The first-order chi connectivity index (χ1) is 7.68. The summed E-state index contributed by atoms with van der Waals surface area (Å²) in [6.45, 7) is 6.01. The Labute approximate surface area is 94.3 Å². The summed E-state index contributed by atoms with van der Waals surface area (Å²) in [6.07, 6.45) is 1.74. The third-order valence-electron chi connectivity index (χ3n) is 2.92. The van der Waals surface area contributed by atoms with Crippen LogP contribution in [0.25, 0.3) is 0 Å². The number of hydrogen-bond donors (Lipinski definition) is 3. The molecule has 0 radical (unpaired) electrons. The molecule has 86 valence electrons. The summed E-state index contributed by atoms with van der Waals surface area (Å²) in [5.74, 6) is 0.0112. The van der Waals surface area contributed by atoms with Crippen molar-refractivity contribution in [2.75, 3.05) is 13.1 Å². The van der Waals surface area contributed by atoms with E-state index in [1.807, 2.05) is 13.8 Å². The average Bonchev–Trinajstić information content (AvgIpc) is 2.57. The van der Waals surface area contributed by atoms with E-state index in [1.165, 1.54) is 5.57 Å². The molecule has 1 amide bonds. The number of aromatic nitrogens is 2. The highest BCUT2D eigenvalue weighted by molar-refractivity contribution is 5.93. The molecule has 0 atom stereocenters. The molecule has 16 heavy (non-hydrogen) atoms. The van der Waals surface area contributed by atoms with Gasteiger partial charge in [-0.2, -0.15) is 5.10 Å². The topological polar surface area (TPSA) is 69.8 Å². The Morgan fingerprint density at radius 1 is 1.56 bits per heavy atom. The van der Waals surface area contributed by atoms with Gasteiger partial charge < -0.3 is 10.6 Å². The fraction of sp³-hybridized carbons (Fsp3) is 0.455. The van der Waals surface area contributed by atoms with Crippen molar-refractivity contribution in [3.63, 3.8) is 0 Å². The number of carbonyl (C=O) groups excluding carboxylic acids is 1. The molecule has 0 unspecified atom stereocenters. The maximum absolute atomic E-state index is 11.8. The number of carbonyl (C=O) groups is 1. The van der Waals surface area contributed by atoms with Crippen LogP contribution in [0, 0.1) is 6.92 Å². The van der Waals surface area contributed by atoms with Gasteiger partial charge in [0.05, 0.1) is 6.20 Å². The summed E-state index contributed by atoms with van der Waals surface area (Å²) in [5, 5.41) is 12.8. The molecule has 3 N–H and O–H groups in total. The van der Waals surface area contributed by atoms with Gasteiger partial charge in [0.2, 0.25) is 5.91 Å². The molecule has 0 aromatic carbocycles. The Morgan fingerprint density at radius 3 is 2.81 bits per heavy atom. The van der Waals surface area contributed by atoms with E-state index in [0.717, 1.165) is 29.9 Å². The van der Waals surface area contributed by atoms with Crippen LogP contribution in [0.5, 0.6) is 0 Å². The smallest absolute Gasteiger partial charge is 0.247 e. The van der Waals surface area contributed by atoms with E-state index in [2.05, 4.69) is 20.8 Å². The van der Waals surface area contributed by atoms with Crippen LogP contribution in [0.4, 0.5) is 0 Å². The van der Waals surface area contributed by atoms with Crippen molar-refractivity contribution in [2.24, 2.45) is 0 Å². The Bertz CT molecular complexity index is 427. The number of aromatic amines is 1. The van der Waals surface area contributed by atoms with Crippen LogP contribution in [-0.4, -0.2) is 29.2 Å². The highest BCUT2D eigenvalue weighted by atomic mass is 16.1. The van der Waals surface area contributed by atoms with Crippen molar-refractivity contribution in [1.82, 2.24) is 20.8 Å². The first-order valence-corrected chi connectivity index (χ1v) is 5.35. The van der Waals surface area contributed by atoms with Crippen molar-refractivity contribution in [1.29, 1.82) is 0 Å². The van der Waals surface area contributed by atoms with Crippen molar-refractivity contribution in [2.45, 2.75) is 20.4 Å². The summed E-state index contributed by atoms with van der Waals surface area (Å²) in [4.78, 5) is 11.8. The lowest BCUT2D eigenvalue weighted by Gasteiger charge is -2.21. The second kappa shape index (κ2) is 4.49. The molecule has 5 nitrogen and oxygen atoms in total. The number of H-pyrrole nitrogens is 1. The molecule has 1 aliphatic heterocycles. The van der Waals surface area contributed by atoms with Crippen LogP contribution in [0.2, 0.25) is 0 Å². The quantitative estimate of drug-likeness (QED) is 0.640. The molecule has 1 saturated heterocycles. The zero-order valence-corrected chi connectivity index (χ0v) is 9.55. The molecule has 0 bridgehead atoms. The second-order valence-corrected chi connectivity index (χ2v) is 4.04. The van der Waals surface area contributed by atoms with Crippen molar-refractivity contribution in [3.8, 4) is 0 Å². The molecule has 1 aliphatic rings. The fourth-order valence-corrected chi connectivity index (χ4v) is 1.54. The van der Waals surface area contributed by atoms with Crippen molar-refractivity contribution < 1.29 is 4.79 Å². The van der Waals surface area contributed by atoms with Gasteiger partial charge in [0.1, 0.15) is 0 Å². The zero-order chi connectivity index (χ0) is 11.5. The van der Waals surface area contributed by atoms with Gasteiger partial charge >= 0.3 is 0 Å². The lowest BCUT2D eigenvalue weighted by Crippen LogP contribution is -2.37. The molecule has 1 fully saturated rings. The van der Waals surface area contributed by atoms with E-state index < -0.39 is 0 Å². The number of nitrogens with one attached hydrogen (secondary N) is 3. The summed E-state index contributed by atoms with van der Waals surface area (Å²) in [7, 11) is 0. The second-order valence-electron chi connectivity index (χ2n) is 4.04. The van der Waals surface area contributed by atoms with E-state index >= 15 is 0 Å². The molecule has 5 heteroatoms. The molecular weight excluding hydrogens is 204 g/mol. The van der Waals surface area contributed by atoms with E-state index in [9.17, 15) is 4.79 Å². The predicted octanol–water partition coefficient (Wildman–Crippen LogP) is 0.254. The third kappa shape index (κ3) is 2.14. The van der Waals surface area contributed by atoms with Crippen molar-refractivity contribution >= 4 is 5.91 Å². The molecule has 0 saturated carbocycles. The third-order valence-corrected chi connectivity index (χ3v) is 2.92. The molecule has 0 aliphatic carbocycles. The lowest BCUT2D eigenvalue weighted by molar-refractivity contribution is -0.117. The van der Waals surface area contributed by atoms with E-state index in [-0.39, 0.29) is 5.91 Å². The molecule has 0 spiro atoms. The van der Waals surface area contributed by atoms with Crippen LogP contribution < -0.4 is 10.6 Å². The Kier molecular flexibility index (Phi) is 3.05.